The zero-order valence-electron chi connectivity index (χ0n) is 8.23. The summed E-state index contributed by atoms with van der Waals surface area (Å²) in [6.07, 6.45) is 3.41. The van der Waals surface area contributed by atoms with Crippen molar-refractivity contribution in [2.45, 2.75) is 0 Å². The van der Waals surface area contributed by atoms with Crippen LogP contribution >= 0.6 is 12.2 Å². The van der Waals surface area contributed by atoms with E-state index in [4.69, 9.17) is 17.0 Å². The molecule has 1 aromatic heterocycles. The molecule has 1 aromatic carbocycles. The van der Waals surface area contributed by atoms with Gasteiger partial charge in [0.15, 0.2) is 0 Å². The average Bonchev–Trinajstić information content (AvgIpc) is 2.30. The minimum atomic E-state index is 0.641. The van der Waals surface area contributed by atoms with E-state index in [1.54, 1.807) is 19.5 Å². The van der Waals surface area contributed by atoms with Gasteiger partial charge in [0, 0.05) is 18.0 Å². The lowest BCUT2D eigenvalue weighted by Gasteiger charge is -2.02. The molecule has 0 amide bonds. The molecule has 0 saturated carbocycles. The molecule has 0 spiro atoms. The molecular weight excluding hydrogens is 208 g/mol. The highest BCUT2D eigenvalue weighted by atomic mass is 32.1. The number of methoxy groups -OCH3 is 1. The molecule has 1 heterocycles. The molecular formula is C11H10N2OS. The monoisotopic (exact) mass is 218 g/mol. The van der Waals surface area contributed by atoms with Crippen molar-refractivity contribution in [2.24, 2.45) is 0 Å². The second kappa shape index (κ2) is 4.23. The molecule has 0 aliphatic heterocycles. The predicted molar refractivity (Wildman–Crippen MR) is 61.4 cm³/mol. The van der Waals surface area contributed by atoms with E-state index in [1.807, 2.05) is 24.3 Å². The maximum Gasteiger partial charge on any atom is 0.129 e. The zero-order valence-corrected chi connectivity index (χ0v) is 9.04. The Morgan fingerprint density at radius 1 is 1.27 bits per heavy atom. The number of aromatic nitrogens is 2. The molecule has 0 radical (unpaired) electrons. The summed E-state index contributed by atoms with van der Waals surface area (Å²) in [5.41, 5.74) is 1.77. The Labute approximate surface area is 92.8 Å². The van der Waals surface area contributed by atoms with Crippen LogP contribution in [0, 0.1) is 4.64 Å². The lowest BCUT2D eigenvalue weighted by Crippen LogP contribution is -1.87. The van der Waals surface area contributed by atoms with Gasteiger partial charge in [0.05, 0.1) is 7.11 Å². The third kappa shape index (κ3) is 2.05. The van der Waals surface area contributed by atoms with Gasteiger partial charge in [-0.25, -0.2) is 0 Å². The summed E-state index contributed by atoms with van der Waals surface area (Å²) in [4.78, 5) is 7.18. The van der Waals surface area contributed by atoms with Gasteiger partial charge in [0.25, 0.3) is 0 Å². The minimum Gasteiger partial charge on any atom is -0.497 e. The second-order valence-electron chi connectivity index (χ2n) is 3.00. The molecule has 2 aromatic rings. The van der Waals surface area contributed by atoms with Gasteiger partial charge in [0.2, 0.25) is 0 Å². The van der Waals surface area contributed by atoms with E-state index in [-0.39, 0.29) is 0 Å². The van der Waals surface area contributed by atoms with E-state index in [2.05, 4.69) is 9.97 Å². The Hall–Kier alpha value is -1.68. The highest BCUT2D eigenvalue weighted by Gasteiger charge is 2.00. The molecule has 0 aliphatic carbocycles. The maximum atomic E-state index is 5.15. The maximum absolute atomic E-state index is 5.15. The Morgan fingerprint density at radius 2 is 2.00 bits per heavy atom. The first-order valence-corrected chi connectivity index (χ1v) is 4.90. The summed E-state index contributed by atoms with van der Waals surface area (Å²) in [5, 5.41) is 0. The Bertz CT molecular complexity index is 504. The van der Waals surface area contributed by atoms with E-state index < -0.39 is 0 Å². The summed E-state index contributed by atoms with van der Waals surface area (Å²) >= 11 is 5.15. The van der Waals surface area contributed by atoms with Crippen LogP contribution in [0.25, 0.3) is 11.3 Å². The number of aromatic amines is 1. The highest BCUT2D eigenvalue weighted by molar-refractivity contribution is 7.71. The first kappa shape index (κ1) is 9.86. The van der Waals surface area contributed by atoms with Gasteiger partial charge in [-0.15, -0.1) is 0 Å². The minimum absolute atomic E-state index is 0.641. The van der Waals surface area contributed by atoms with Gasteiger partial charge >= 0.3 is 0 Å². The van der Waals surface area contributed by atoms with Gasteiger partial charge in [-0.1, -0.05) is 12.2 Å². The molecule has 76 valence electrons. The standard InChI is InChI=1S/C11H10N2OS/c1-14-9-4-2-8(3-5-9)10-11(15)13-7-6-12-10/h2-7H,1H3,(H,13,15). The van der Waals surface area contributed by atoms with Crippen LogP contribution in [-0.4, -0.2) is 17.1 Å². The largest absolute Gasteiger partial charge is 0.497 e. The summed E-state index contributed by atoms with van der Waals surface area (Å²) in [7, 11) is 1.64. The molecule has 15 heavy (non-hydrogen) atoms. The molecule has 3 nitrogen and oxygen atoms in total. The van der Waals surface area contributed by atoms with Crippen molar-refractivity contribution in [3.05, 3.63) is 41.3 Å². The normalized spacial score (nSPS) is 9.93. The van der Waals surface area contributed by atoms with Crippen LogP contribution < -0.4 is 4.74 Å². The number of rotatable bonds is 2. The zero-order chi connectivity index (χ0) is 10.7. The molecule has 0 fully saturated rings. The Kier molecular flexibility index (Phi) is 2.78. The fraction of sp³-hybridized carbons (Fsp3) is 0.0909. The van der Waals surface area contributed by atoms with Crippen LogP contribution in [0.3, 0.4) is 0 Å². The smallest absolute Gasteiger partial charge is 0.129 e. The first-order valence-electron chi connectivity index (χ1n) is 4.49. The van der Waals surface area contributed by atoms with Crippen LogP contribution in [0.5, 0.6) is 5.75 Å². The molecule has 0 unspecified atom stereocenters. The van der Waals surface area contributed by atoms with Gasteiger partial charge in [-0.2, -0.15) is 0 Å². The van der Waals surface area contributed by atoms with Crippen molar-refractivity contribution >= 4 is 12.2 Å². The van der Waals surface area contributed by atoms with E-state index in [9.17, 15) is 0 Å². The summed E-state index contributed by atoms with van der Waals surface area (Å²) in [5.74, 6) is 0.824. The lowest BCUT2D eigenvalue weighted by molar-refractivity contribution is 0.415. The summed E-state index contributed by atoms with van der Waals surface area (Å²) in [6.45, 7) is 0. The Morgan fingerprint density at radius 3 is 2.60 bits per heavy atom. The van der Waals surface area contributed by atoms with Crippen molar-refractivity contribution in [2.75, 3.05) is 7.11 Å². The quantitative estimate of drug-likeness (QED) is 0.788. The summed E-state index contributed by atoms with van der Waals surface area (Å²) < 4.78 is 5.72. The fourth-order valence-corrected chi connectivity index (χ4v) is 1.54. The van der Waals surface area contributed by atoms with Crippen LogP contribution in [0.4, 0.5) is 0 Å². The molecule has 0 bridgehead atoms. The third-order valence-corrected chi connectivity index (χ3v) is 2.38. The van der Waals surface area contributed by atoms with E-state index >= 15 is 0 Å². The SMILES string of the molecule is COc1ccc(-c2ncc[nH]c2=S)cc1. The van der Waals surface area contributed by atoms with E-state index in [0.717, 1.165) is 17.0 Å². The Balaban J connectivity index is 2.46. The molecule has 2 rings (SSSR count). The van der Waals surface area contributed by atoms with Gasteiger partial charge < -0.3 is 9.72 Å². The van der Waals surface area contributed by atoms with Crippen LogP contribution in [0.15, 0.2) is 36.7 Å². The van der Waals surface area contributed by atoms with Gasteiger partial charge in [-0.05, 0) is 24.3 Å². The molecule has 4 heteroatoms. The number of benzene rings is 1. The third-order valence-electron chi connectivity index (χ3n) is 2.07. The fourth-order valence-electron chi connectivity index (χ4n) is 1.31. The molecule has 0 aliphatic rings. The number of hydrogen-bond donors (Lipinski definition) is 1. The highest BCUT2D eigenvalue weighted by Crippen LogP contribution is 2.20. The van der Waals surface area contributed by atoms with Crippen molar-refractivity contribution in [3.8, 4) is 17.0 Å². The van der Waals surface area contributed by atoms with Gasteiger partial charge in [0.1, 0.15) is 16.1 Å². The van der Waals surface area contributed by atoms with Crippen molar-refractivity contribution < 1.29 is 4.74 Å². The molecule has 0 saturated heterocycles. The number of nitrogens with zero attached hydrogens (tertiary/aromatic N) is 1. The van der Waals surface area contributed by atoms with Crippen molar-refractivity contribution in [1.29, 1.82) is 0 Å². The first-order chi connectivity index (χ1) is 7.31. The second-order valence-corrected chi connectivity index (χ2v) is 3.40. The van der Waals surface area contributed by atoms with E-state index in [1.165, 1.54) is 0 Å². The van der Waals surface area contributed by atoms with Crippen molar-refractivity contribution in [1.82, 2.24) is 9.97 Å². The lowest BCUT2D eigenvalue weighted by atomic mass is 10.1. The number of hydrogen-bond acceptors (Lipinski definition) is 3. The predicted octanol–water partition coefficient (Wildman–Crippen LogP) is 2.81. The van der Waals surface area contributed by atoms with Gasteiger partial charge in [-0.3, -0.25) is 4.98 Å². The number of ether oxygens (including phenoxy) is 1. The molecule has 0 atom stereocenters. The number of nitrogens with one attached hydrogen (secondary N) is 1. The number of H-pyrrole nitrogens is 1. The van der Waals surface area contributed by atoms with Crippen LogP contribution in [0.1, 0.15) is 0 Å². The van der Waals surface area contributed by atoms with Crippen LogP contribution in [0.2, 0.25) is 0 Å². The van der Waals surface area contributed by atoms with E-state index in [0.29, 0.717) is 4.64 Å². The van der Waals surface area contributed by atoms with Crippen LogP contribution in [-0.2, 0) is 0 Å². The van der Waals surface area contributed by atoms with Crippen molar-refractivity contribution in [3.63, 3.8) is 0 Å². The average molecular weight is 218 g/mol. The molecule has 1 N–H and O–H groups in total. The summed E-state index contributed by atoms with van der Waals surface area (Å²) in [6, 6.07) is 7.65. The topological polar surface area (TPSA) is 37.9 Å².